The molecule has 0 bridgehead atoms. The number of allylic oxidation sites excluding steroid dienone is 2. The van der Waals surface area contributed by atoms with Gasteiger partial charge in [0.2, 0.25) is 12.4 Å². The monoisotopic (exact) mass is 440 g/mol. The Bertz CT molecular complexity index is 1500. The fourth-order valence-corrected chi connectivity index (χ4v) is 3.79. The average Bonchev–Trinajstić information content (AvgIpc) is 2.87. The van der Waals surface area contributed by atoms with Gasteiger partial charge in [-0.2, -0.15) is 20.5 Å². The van der Waals surface area contributed by atoms with E-state index in [2.05, 4.69) is 9.98 Å². The van der Waals surface area contributed by atoms with Gasteiger partial charge in [-0.3, -0.25) is 0 Å². The lowest BCUT2D eigenvalue weighted by Crippen LogP contribution is -2.20. The van der Waals surface area contributed by atoms with Crippen molar-refractivity contribution < 1.29 is 9.47 Å². The lowest BCUT2D eigenvalue weighted by Gasteiger charge is -2.19. The van der Waals surface area contributed by atoms with Crippen molar-refractivity contribution in [3.8, 4) is 23.9 Å². The molecule has 4 aromatic rings. The van der Waals surface area contributed by atoms with E-state index in [4.69, 9.17) is 9.47 Å². The van der Waals surface area contributed by atoms with E-state index in [0.29, 0.717) is 11.5 Å². The van der Waals surface area contributed by atoms with Crippen molar-refractivity contribution in [1.29, 1.82) is 10.5 Å². The molecule has 0 radical (unpaired) electrons. The van der Waals surface area contributed by atoms with E-state index >= 15 is 0 Å². The van der Waals surface area contributed by atoms with Crippen molar-refractivity contribution in [3.05, 3.63) is 109 Å². The van der Waals surface area contributed by atoms with Gasteiger partial charge in [-0.1, -0.05) is 72.8 Å². The number of nitriles is 2. The second-order valence-corrected chi connectivity index (χ2v) is 7.37. The van der Waals surface area contributed by atoms with E-state index in [9.17, 15) is 10.5 Å². The maximum Gasteiger partial charge on any atom is 0.206 e. The Labute approximate surface area is 195 Å². The first-order chi connectivity index (χ1) is 16.8. The zero-order chi connectivity index (χ0) is 23.3. The van der Waals surface area contributed by atoms with Crippen LogP contribution in [0.2, 0.25) is 0 Å². The normalized spacial score (nSPS) is 15.5. The molecule has 0 saturated carbocycles. The molecule has 0 saturated heterocycles. The van der Waals surface area contributed by atoms with Crippen LogP contribution < -0.4 is 9.47 Å². The van der Waals surface area contributed by atoms with Crippen molar-refractivity contribution in [2.75, 3.05) is 0 Å². The number of benzene rings is 4. The van der Waals surface area contributed by atoms with Gasteiger partial charge in [0.05, 0.1) is 0 Å². The van der Waals surface area contributed by atoms with E-state index in [1.54, 1.807) is 12.2 Å². The highest BCUT2D eigenvalue weighted by atomic mass is 16.5. The fourth-order valence-electron chi connectivity index (χ4n) is 3.79. The molecule has 0 amide bonds. The third-order valence-corrected chi connectivity index (χ3v) is 5.32. The van der Waals surface area contributed by atoms with E-state index in [-0.39, 0.29) is 22.9 Å². The number of hydrogen-bond acceptors (Lipinski definition) is 6. The summed E-state index contributed by atoms with van der Waals surface area (Å²) in [5.41, 5.74) is 0.533. The summed E-state index contributed by atoms with van der Waals surface area (Å²) in [4.78, 5) is 7.85. The van der Waals surface area contributed by atoms with Crippen LogP contribution >= 0.6 is 0 Å². The van der Waals surface area contributed by atoms with Gasteiger partial charge in [0, 0.05) is 22.9 Å². The van der Waals surface area contributed by atoms with Crippen molar-refractivity contribution in [3.63, 3.8) is 0 Å². The molecular formula is C28H16N4O2. The van der Waals surface area contributed by atoms with E-state index in [0.717, 1.165) is 21.5 Å². The minimum atomic E-state index is 0.266. The van der Waals surface area contributed by atoms with Gasteiger partial charge in [0.15, 0.2) is 11.5 Å². The van der Waals surface area contributed by atoms with E-state index in [1.165, 1.54) is 0 Å². The Morgan fingerprint density at radius 1 is 0.529 bits per heavy atom. The lowest BCUT2D eigenvalue weighted by molar-refractivity contribution is 0.447. The molecule has 0 aromatic heterocycles. The Kier molecular flexibility index (Phi) is 5.55. The predicted octanol–water partition coefficient (Wildman–Crippen LogP) is 6.08. The molecule has 6 heteroatoms. The van der Waals surface area contributed by atoms with E-state index in [1.807, 2.05) is 97.3 Å². The van der Waals surface area contributed by atoms with Crippen LogP contribution in [0.25, 0.3) is 21.5 Å². The zero-order valence-electron chi connectivity index (χ0n) is 17.8. The Morgan fingerprint density at radius 3 is 1.38 bits per heavy atom. The highest BCUT2D eigenvalue weighted by Gasteiger charge is 2.23. The first kappa shape index (κ1) is 20.7. The molecular weight excluding hydrogens is 424 g/mol. The summed E-state index contributed by atoms with van der Waals surface area (Å²) in [5.74, 6) is 1.77. The second kappa shape index (κ2) is 9.12. The number of hydrogen-bond donors (Lipinski definition) is 0. The summed E-state index contributed by atoms with van der Waals surface area (Å²) in [5, 5.41) is 22.4. The van der Waals surface area contributed by atoms with Crippen LogP contribution in [-0.4, -0.2) is 11.4 Å². The molecule has 0 N–H and O–H groups in total. The molecule has 0 fully saturated rings. The maximum absolute atomic E-state index is 9.29. The first-order valence-electron chi connectivity index (χ1n) is 10.5. The molecule has 0 atom stereocenters. The molecule has 160 valence electrons. The molecule has 5 rings (SSSR count). The quantitative estimate of drug-likeness (QED) is 0.284. The van der Waals surface area contributed by atoms with Gasteiger partial charge in [0.1, 0.15) is 22.9 Å². The highest BCUT2D eigenvalue weighted by molar-refractivity contribution is 6.23. The summed E-state index contributed by atoms with van der Waals surface area (Å²) in [6.07, 6.45) is 6.74. The lowest BCUT2D eigenvalue weighted by atomic mass is 10.1. The third-order valence-electron chi connectivity index (χ3n) is 5.32. The number of aliphatic imine (C=N–C) groups is 2. The van der Waals surface area contributed by atoms with Gasteiger partial charge < -0.3 is 9.47 Å². The first-order valence-corrected chi connectivity index (χ1v) is 10.5. The van der Waals surface area contributed by atoms with Crippen LogP contribution in [0.1, 0.15) is 0 Å². The number of rotatable bonds is 4. The molecule has 0 aliphatic heterocycles. The van der Waals surface area contributed by atoms with Gasteiger partial charge in [0.25, 0.3) is 0 Å². The Morgan fingerprint density at radius 2 is 0.941 bits per heavy atom. The molecule has 6 nitrogen and oxygen atoms in total. The summed E-state index contributed by atoms with van der Waals surface area (Å²) < 4.78 is 12.3. The molecule has 4 aromatic carbocycles. The third kappa shape index (κ3) is 4.00. The smallest absolute Gasteiger partial charge is 0.206 e. The molecule has 0 heterocycles. The minimum Gasteiger partial charge on any atom is -0.454 e. The maximum atomic E-state index is 9.29. The second-order valence-electron chi connectivity index (χ2n) is 7.37. The van der Waals surface area contributed by atoms with Gasteiger partial charge in [-0.05, 0) is 22.9 Å². The summed E-state index contributed by atoms with van der Waals surface area (Å²) in [6.45, 7) is 0. The highest BCUT2D eigenvalue weighted by Crippen LogP contribution is 2.31. The standard InChI is InChI=1S/C28H16N4O2/c29-17-31-23-16-28(34-26-14-6-10-20-8-2-4-12-22(20)26)24(32-18-30)15-27(23)33-25-13-5-9-19-7-1-3-11-21(19)25/h1-16H. The predicted molar refractivity (Wildman–Crippen MR) is 131 cm³/mol. The van der Waals surface area contributed by atoms with Gasteiger partial charge in [-0.25, -0.2) is 0 Å². The molecule has 34 heavy (non-hydrogen) atoms. The number of fused-ring (bicyclic) bond motifs is 2. The summed E-state index contributed by atoms with van der Waals surface area (Å²) in [7, 11) is 0. The van der Waals surface area contributed by atoms with Crippen LogP contribution in [0, 0.1) is 22.9 Å². The van der Waals surface area contributed by atoms with Crippen molar-refractivity contribution >= 4 is 33.0 Å². The number of nitrogens with zero attached hydrogens (tertiary/aromatic N) is 4. The SMILES string of the molecule is N#CN=C1C=C(Oc2cccc3ccccc23)C(=NC#N)C=C1Oc1cccc2ccccc12. The van der Waals surface area contributed by atoms with Crippen molar-refractivity contribution in [2.24, 2.45) is 9.98 Å². The molecule has 0 unspecified atom stereocenters. The topological polar surface area (TPSA) is 90.8 Å². The van der Waals surface area contributed by atoms with Crippen LogP contribution in [-0.2, 0) is 0 Å². The zero-order valence-corrected chi connectivity index (χ0v) is 17.8. The van der Waals surface area contributed by atoms with Crippen LogP contribution in [0.15, 0.2) is 119 Å². The Balaban J connectivity index is 1.55. The number of ether oxygens (including phenoxy) is 2. The van der Waals surface area contributed by atoms with Crippen molar-refractivity contribution in [1.82, 2.24) is 0 Å². The van der Waals surface area contributed by atoms with Crippen molar-refractivity contribution in [2.45, 2.75) is 0 Å². The molecule has 1 aliphatic carbocycles. The summed E-state index contributed by atoms with van der Waals surface area (Å²) in [6, 6.07) is 27.0. The minimum absolute atomic E-state index is 0.266. The fraction of sp³-hybridized carbons (Fsp3) is 0. The Hall–Kier alpha value is -5.20. The molecule has 1 aliphatic rings. The largest absolute Gasteiger partial charge is 0.454 e. The molecule has 0 spiro atoms. The van der Waals surface area contributed by atoms with Gasteiger partial charge in [-0.15, -0.1) is 0 Å². The average molecular weight is 440 g/mol. The summed E-state index contributed by atoms with van der Waals surface area (Å²) >= 11 is 0. The van der Waals surface area contributed by atoms with Crippen LogP contribution in [0.3, 0.4) is 0 Å². The van der Waals surface area contributed by atoms with Crippen LogP contribution in [0.4, 0.5) is 0 Å². The van der Waals surface area contributed by atoms with E-state index < -0.39 is 0 Å². The van der Waals surface area contributed by atoms with Crippen LogP contribution in [0.5, 0.6) is 11.5 Å². The van der Waals surface area contributed by atoms with Gasteiger partial charge >= 0.3 is 0 Å².